The average molecular weight is 415 g/mol. The number of hydrogen-bond donors (Lipinski definition) is 0. The molecule has 2 atom stereocenters. The molecule has 0 radical (unpaired) electrons. The highest BCUT2D eigenvalue weighted by Gasteiger charge is 2.29. The molecule has 0 aliphatic carbocycles. The van der Waals surface area contributed by atoms with Gasteiger partial charge >= 0.3 is 0 Å². The molecular weight excluding hydrogens is 380 g/mol. The van der Waals surface area contributed by atoms with E-state index in [2.05, 4.69) is 49.4 Å². The molecule has 2 aromatic rings. The fourth-order valence-electron chi connectivity index (χ4n) is 4.05. The first-order valence-electron chi connectivity index (χ1n) is 11.6. The second-order valence-corrected chi connectivity index (χ2v) is 8.36. The minimum atomic E-state index is 0.0381. The molecule has 31 heavy (non-hydrogen) atoms. The summed E-state index contributed by atoms with van der Waals surface area (Å²) >= 11 is 0. The monoisotopic (exact) mass is 414 g/mol. The molecule has 0 fully saturated rings. The maximum Gasteiger partial charge on any atom is 0.0947 e. The van der Waals surface area contributed by atoms with Crippen LogP contribution in [0.4, 0.5) is 0 Å². The van der Waals surface area contributed by atoms with Crippen molar-refractivity contribution < 1.29 is 4.74 Å². The number of rotatable bonds is 12. The fraction of sp³-hybridized carbons (Fsp3) is 0.429. The largest absolute Gasteiger partial charge is 0.371 e. The highest BCUT2D eigenvalue weighted by molar-refractivity contribution is 5.98. The number of nitriles is 1. The first kappa shape index (κ1) is 23.0. The van der Waals surface area contributed by atoms with Crippen LogP contribution in [-0.4, -0.2) is 17.9 Å². The highest BCUT2D eigenvalue weighted by atomic mass is 16.5. The molecule has 162 valence electrons. The highest BCUT2D eigenvalue weighted by Crippen LogP contribution is 2.24. The van der Waals surface area contributed by atoms with E-state index in [0.29, 0.717) is 6.61 Å². The summed E-state index contributed by atoms with van der Waals surface area (Å²) in [5.41, 5.74) is 4.29. The van der Waals surface area contributed by atoms with Gasteiger partial charge in [0.25, 0.3) is 0 Å². The topological polar surface area (TPSA) is 45.4 Å². The zero-order valence-corrected chi connectivity index (χ0v) is 18.7. The number of aliphatic imine (C=N–C) groups is 1. The van der Waals surface area contributed by atoms with Gasteiger partial charge < -0.3 is 4.74 Å². The molecule has 3 nitrogen and oxygen atoms in total. The summed E-state index contributed by atoms with van der Waals surface area (Å²) in [4.78, 5) is 4.99. The third-order valence-corrected chi connectivity index (χ3v) is 5.80. The number of hydrogen-bond acceptors (Lipinski definition) is 3. The van der Waals surface area contributed by atoms with Gasteiger partial charge in [-0.05, 0) is 36.5 Å². The number of nitrogens with zero attached hydrogens (tertiary/aromatic N) is 2. The first-order chi connectivity index (χ1) is 15.3. The van der Waals surface area contributed by atoms with E-state index >= 15 is 0 Å². The Balaban J connectivity index is 1.64. The molecule has 0 unspecified atom stereocenters. The van der Waals surface area contributed by atoms with Crippen molar-refractivity contribution in [3.8, 4) is 6.07 Å². The number of ether oxygens (including phenoxy) is 1. The van der Waals surface area contributed by atoms with Gasteiger partial charge in [-0.1, -0.05) is 93.3 Å². The van der Waals surface area contributed by atoms with Crippen LogP contribution in [0.2, 0.25) is 0 Å². The van der Waals surface area contributed by atoms with Crippen LogP contribution in [0.5, 0.6) is 0 Å². The molecule has 0 saturated carbocycles. The van der Waals surface area contributed by atoms with Crippen LogP contribution in [0.25, 0.3) is 0 Å². The lowest BCUT2D eigenvalue weighted by Gasteiger charge is -2.19. The molecule has 1 aliphatic heterocycles. The van der Waals surface area contributed by atoms with E-state index in [9.17, 15) is 5.26 Å². The number of benzene rings is 2. The molecule has 0 aromatic heterocycles. The van der Waals surface area contributed by atoms with Gasteiger partial charge in [0.1, 0.15) is 0 Å². The quantitative estimate of drug-likeness (QED) is 0.282. The van der Waals surface area contributed by atoms with Crippen molar-refractivity contribution >= 4 is 5.71 Å². The third-order valence-electron chi connectivity index (χ3n) is 5.80. The van der Waals surface area contributed by atoms with Crippen molar-refractivity contribution in [2.45, 2.75) is 77.0 Å². The van der Waals surface area contributed by atoms with E-state index in [1.165, 1.54) is 36.8 Å². The first-order valence-corrected chi connectivity index (χ1v) is 11.6. The van der Waals surface area contributed by atoms with Crippen molar-refractivity contribution in [3.05, 3.63) is 83.4 Å². The van der Waals surface area contributed by atoms with Gasteiger partial charge in [0.15, 0.2) is 0 Å². The summed E-state index contributed by atoms with van der Waals surface area (Å²) in [6, 6.07) is 23.2. The molecule has 0 amide bonds. The van der Waals surface area contributed by atoms with Crippen molar-refractivity contribution in [1.29, 1.82) is 5.26 Å². The van der Waals surface area contributed by atoms with Crippen molar-refractivity contribution in [3.63, 3.8) is 0 Å². The SMILES string of the molecule is CCCCCCC/C(C#N)=C\C1=N[C@@H](Cc2ccccc2)[C@@H](OCc2ccccc2)C1. The van der Waals surface area contributed by atoms with Gasteiger partial charge in [-0.2, -0.15) is 5.26 Å². The molecule has 0 N–H and O–H groups in total. The minimum Gasteiger partial charge on any atom is -0.371 e. The third kappa shape index (κ3) is 7.81. The normalized spacial score (nSPS) is 18.6. The van der Waals surface area contributed by atoms with E-state index < -0.39 is 0 Å². The Morgan fingerprint density at radius 1 is 1.00 bits per heavy atom. The van der Waals surface area contributed by atoms with Crippen LogP contribution in [0.15, 0.2) is 77.3 Å². The van der Waals surface area contributed by atoms with Crippen LogP contribution < -0.4 is 0 Å². The predicted molar refractivity (Wildman–Crippen MR) is 128 cm³/mol. The Hall–Kier alpha value is -2.70. The smallest absolute Gasteiger partial charge is 0.0947 e. The lowest BCUT2D eigenvalue weighted by molar-refractivity contribution is 0.0352. The van der Waals surface area contributed by atoms with Crippen LogP contribution in [0.3, 0.4) is 0 Å². The molecule has 0 saturated heterocycles. The lowest BCUT2D eigenvalue weighted by Crippen LogP contribution is -2.25. The van der Waals surface area contributed by atoms with Gasteiger partial charge in [0.2, 0.25) is 0 Å². The van der Waals surface area contributed by atoms with Gasteiger partial charge in [-0.25, -0.2) is 0 Å². The van der Waals surface area contributed by atoms with E-state index in [1.54, 1.807) is 0 Å². The molecule has 3 heteroatoms. The van der Waals surface area contributed by atoms with Crippen LogP contribution in [0, 0.1) is 11.3 Å². The van der Waals surface area contributed by atoms with E-state index in [0.717, 1.165) is 37.0 Å². The molecule has 3 rings (SSSR count). The van der Waals surface area contributed by atoms with Gasteiger partial charge in [0, 0.05) is 17.7 Å². The summed E-state index contributed by atoms with van der Waals surface area (Å²) in [6.07, 6.45) is 10.6. The lowest BCUT2D eigenvalue weighted by atomic mass is 10.0. The fourth-order valence-corrected chi connectivity index (χ4v) is 4.05. The Morgan fingerprint density at radius 3 is 2.35 bits per heavy atom. The van der Waals surface area contributed by atoms with E-state index in [1.807, 2.05) is 30.3 Å². The molecule has 1 aliphatic rings. The van der Waals surface area contributed by atoms with Crippen LogP contribution >= 0.6 is 0 Å². The number of unbranched alkanes of at least 4 members (excludes halogenated alkanes) is 4. The zero-order valence-electron chi connectivity index (χ0n) is 18.7. The molecule has 0 spiro atoms. The summed E-state index contributed by atoms with van der Waals surface area (Å²) in [6.45, 7) is 2.81. The standard InChI is InChI=1S/C28H34N2O/c1-2-3-4-5-8-17-25(21-29)18-26-20-28(31-22-24-15-11-7-12-16-24)27(30-26)19-23-13-9-6-10-14-23/h6-7,9-16,18,27-28H,2-5,8,17,19-20,22H2,1H3/b25-18+/t27-,28-/m0/s1. The average Bonchev–Trinajstić information content (AvgIpc) is 3.19. The van der Waals surface area contributed by atoms with Crippen molar-refractivity contribution in [2.75, 3.05) is 0 Å². The zero-order chi connectivity index (χ0) is 21.7. The summed E-state index contributed by atoms with van der Waals surface area (Å²) in [5, 5.41) is 9.60. The van der Waals surface area contributed by atoms with Crippen molar-refractivity contribution in [2.24, 2.45) is 4.99 Å². The predicted octanol–water partition coefficient (Wildman–Crippen LogP) is 6.84. The second kappa shape index (κ2) is 12.9. The van der Waals surface area contributed by atoms with Crippen molar-refractivity contribution in [1.82, 2.24) is 0 Å². The Kier molecular flexibility index (Phi) is 9.54. The van der Waals surface area contributed by atoms with E-state index in [-0.39, 0.29) is 12.1 Å². The maximum atomic E-state index is 9.60. The van der Waals surface area contributed by atoms with Gasteiger partial charge in [-0.15, -0.1) is 0 Å². The molecule has 1 heterocycles. The minimum absolute atomic E-state index is 0.0381. The van der Waals surface area contributed by atoms with Crippen LogP contribution in [-0.2, 0) is 17.8 Å². The van der Waals surface area contributed by atoms with E-state index in [4.69, 9.17) is 9.73 Å². The Morgan fingerprint density at radius 2 is 1.68 bits per heavy atom. The molecular formula is C28H34N2O. The summed E-state index contributed by atoms with van der Waals surface area (Å²) in [7, 11) is 0. The molecule has 2 aromatic carbocycles. The second-order valence-electron chi connectivity index (χ2n) is 8.36. The van der Waals surface area contributed by atoms with Gasteiger partial charge in [0.05, 0.1) is 24.8 Å². The Bertz CT molecular complexity index is 880. The Labute approximate surface area is 187 Å². The molecule has 0 bridgehead atoms. The van der Waals surface area contributed by atoms with Crippen LogP contribution in [0.1, 0.15) is 63.0 Å². The summed E-state index contributed by atoms with van der Waals surface area (Å²) < 4.78 is 6.32. The maximum absolute atomic E-state index is 9.60. The van der Waals surface area contributed by atoms with Gasteiger partial charge in [-0.3, -0.25) is 4.99 Å². The summed E-state index contributed by atoms with van der Waals surface area (Å²) in [5.74, 6) is 0. The number of allylic oxidation sites excluding steroid dienone is 2.